The number of aromatic nitrogens is 2. The van der Waals surface area contributed by atoms with Crippen LogP contribution in [0.25, 0.3) is 0 Å². The Bertz CT molecular complexity index is 512. The van der Waals surface area contributed by atoms with Gasteiger partial charge in [-0.3, -0.25) is 0 Å². The van der Waals surface area contributed by atoms with Crippen molar-refractivity contribution >= 4 is 38.9 Å². The summed E-state index contributed by atoms with van der Waals surface area (Å²) >= 11 is 5.23. The van der Waals surface area contributed by atoms with Gasteiger partial charge in [0.15, 0.2) is 0 Å². The Balaban J connectivity index is 2.12. The van der Waals surface area contributed by atoms with Crippen LogP contribution in [0.2, 0.25) is 0 Å². The van der Waals surface area contributed by atoms with Gasteiger partial charge in [0, 0.05) is 11.9 Å². The van der Waals surface area contributed by atoms with Crippen molar-refractivity contribution < 1.29 is 0 Å². The highest BCUT2D eigenvalue weighted by molar-refractivity contribution is 9.10. The molecule has 2 heterocycles. The molecule has 6 heteroatoms. The Morgan fingerprint density at radius 1 is 1.35 bits per heavy atom. The molecular weight excluding hydrogens is 300 g/mol. The molecular formula is C11H13BrN4S. The van der Waals surface area contributed by atoms with Crippen molar-refractivity contribution in [3.05, 3.63) is 32.7 Å². The van der Waals surface area contributed by atoms with E-state index >= 15 is 0 Å². The maximum atomic E-state index is 4.21. The van der Waals surface area contributed by atoms with Gasteiger partial charge in [-0.15, -0.1) is 11.3 Å². The monoisotopic (exact) mass is 312 g/mol. The highest BCUT2D eigenvalue weighted by Gasteiger charge is 2.07. The van der Waals surface area contributed by atoms with Crippen LogP contribution in [0.5, 0.6) is 0 Å². The zero-order valence-electron chi connectivity index (χ0n) is 9.62. The molecule has 0 aliphatic heterocycles. The van der Waals surface area contributed by atoms with Gasteiger partial charge in [-0.2, -0.15) is 0 Å². The molecule has 2 N–H and O–H groups in total. The van der Waals surface area contributed by atoms with Crippen LogP contribution in [0.1, 0.15) is 10.4 Å². The molecule has 0 saturated carbocycles. The van der Waals surface area contributed by atoms with Gasteiger partial charge < -0.3 is 10.6 Å². The van der Waals surface area contributed by atoms with Crippen molar-refractivity contribution in [2.45, 2.75) is 13.5 Å². The zero-order chi connectivity index (χ0) is 12.3. The second kappa shape index (κ2) is 5.46. The first-order valence-corrected chi connectivity index (χ1v) is 6.84. The van der Waals surface area contributed by atoms with E-state index in [0.29, 0.717) is 0 Å². The van der Waals surface area contributed by atoms with Crippen molar-refractivity contribution in [1.29, 1.82) is 0 Å². The molecule has 0 aliphatic rings. The number of halogens is 1. The second-order valence-corrected chi connectivity index (χ2v) is 5.31. The molecule has 0 amide bonds. The van der Waals surface area contributed by atoms with E-state index in [2.05, 4.69) is 54.9 Å². The standard InChI is InChI=1S/C11H13BrN4S/c1-7-3-4-17-8(7)5-14-11-9(12)10(13-2)15-6-16-11/h3-4,6H,5H2,1-2H3,(H2,13,14,15,16). The minimum absolute atomic E-state index is 0.780. The van der Waals surface area contributed by atoms with Crippen LogP contribution in [-0.4, -0.2) is 17.0 Å². The summed E-state index contributed by atoms with van der Waals surface area (Å²) in [5.74, 6) is 1.59. The highest BCUT2D eigenvalue weighted by Crippen LogP contribution is 2.27. The summed E-state index contributed by atoms with van der Waals surface area (Å²) < 4.78 is 0.858. The Morgan fingerprint density at radius 2 is 2.12 bits per heavy atom. The number of nitrogens with one attached hydrogen (secondary N) is 2. The SMILES string of the molecule is CNc1ncnc(NCc2sccc2C)c1Br. The number of rotatable bonds is 4. The van der Waals surface area contributed by atoms with Crippen LogP contribution in [0.15, 0.2) is 22.2 Å². The molecule has 0 saturated heterocycles. The van der Waals surface area contributed by atoms with Crippen molar-refractivity contribution in [2.24, 2.45) is 0 Å². The first-order valence-electron chi connectivity index (χ1n) is 5.17. The summed E-state index contributed by atoms with van der Waals surface area (Å²) in [5.41, 5.74) is 1.31. The fraction of sp³-hybridized carbons (Fsp3) is 0.273. The Kier molecular flexibility index (Phi) is 3.96. The van der Waals surface area contributed by atoms with E-state index in [4.69, 9.17) is 0 Å². The fourth-order valence-corrected chi connectivity index (χ4v) is 2.81. The van der Waals surface area contributed by atoms with Gasteiger partial charge >= 0.3 is 0 Å². The summed E-state index contributed by atoms with van der Waals surface area (Å²) in [6.45, 7) is 2.89. The molecule has 0 unspecified atom stereocenters. The maximum Gasteiger partial charge on any atom is 0.146 e. The Hall–Kier alpha value is -1.14. The maximum absolute atomic E-state index is 4.21. The van der Waals surface area contributed by atoms with E-state index in [1.807, 2.05) is 7.05 Å². The van der Waals surface area contributed by atoms with E-state index in [1.165, 1.54) is 10.4 Å². The van der Waals surface area contributed by atoms with Crippen molar-refractivity contribution in [1.82, 2.24) is 9.97 Å². The van der Waals surface area contributed by atoms with Gasteiger partial charge in [0.1, 0.15) is 22.4 Å². The molecule has 0 fully saturated rings. The normalized spacial score (nSPS) is 10.3. The minimum atomic E-state index is 0.780. The van der Waals surface area contributed by atoms with Crippen LogP contribution >= 0.6 is 27.3 Å². The van der Waals surface area contributed by atoms with Crippen LogP contribution in [-0.2, 0) is 6.54 Å². The summed E-state index contributed by atoms with van der Waals surface area (Å²) in [5, 5.41) is 8.41. The molecule has 0 aromatic carbocycles. The number of hydrogen-bond acceptors (Lipinski definition) is 5. The number of anilines is 2. The van der Waals surface area contributed by atoms with Crippen molar-refractivity contribution in [3.8, 4) is 0 Å². The third kappa shape index (κ3) is 2.76. The van der Waals surface area contributed by atoms with Gasteiger partial charge in [0.2, 0.25) is 0 Å². The average molecular weight is 313 g/mol. The largest absolute Gasteiger partial charge is 0.372 e. The van der Waals surface area contributed by atoms with E-state index in [1.54, 1.807) is 17.7 Å². The lowest BCUT2D eigenvalue weighted by atomic mass is 10.3. The average Bonchev–Trinajstić information content (AvgIpc) is 2.74. The van der Waals surface area contributed by atoms with E-state index in [-0.39, 0.29) is 0 Å². The molecule has 0 bridgehead atoms. The summed E-state index contributed by atoms with van der Waals surface area (Å²) in [7, 11) is 1.83. The van der Waals surface area contributed by atoms with Crippen LogP contribution in [0, 0.1) is 6.92 Å². The molecule has 17 heavy (non-hydrogen) atoms. The second-order valence-electron chi connectivity index (χ2n) is 3.52. The third-order valence-corrected chi connectivity index (χ3v) is 4.18. The molecule has 0 radical (unpaired) electrons. The lowest BCUT2D eigenvalue weighted by Gasteiger charge is -2.09. The molecule has 2 rings (SSSR count). The van der Waals surface area contributed by atoms with E-state index in [0.717, 1.165) is 22.7 Å². The quantitative estimate of drug-likeness (QED) is 0.909. The lowest BCUT2D eigenvalue weighted by Crippen LogP contribution is -2.04. The van der Waals surface area contributed by atoms with Crippen LogP contribution in [0.4, 0.5) is 11.6 Å². The fourth-order valence-electron chi connectivity index (χ4n) is 1.42. The smallest absolute Gasteiger partial charge is 0.146 e. The number of aryl methyl sites for hydroxylation is 1. The summed E-state index contributed by atoms with van der Waals surface area (Å²) in [6, 6.07) is 2.12. The molecule has 0 atom stereocenters. The zero-order valence-corrected chi connectivity index (χ0v) is 12.0. The van der Waals surface area contributed by atoms with Crippen LogP contribution < -0.4 is 10.6 Å². The van der Waals surface area contributed by atoms with Gasteiger partial charge in [-0.1, -0.05) is 0 Å². The number of nitrogens with zero attached hydrogens (tertiary/aromatic N) is 2. The highest BCUT2D eigenvalue weighted by atomic mass is 79.9. The minimum Gasteiger partial charge on any atom is -0.372 e. The summed E-state index contributed by atoms with van der Waals surface area (Å²) in [6.07, 6.45) is 1.54. The Morgan fingerprint density at radius 3 is 2.76 bits per heavy atom. The van der Waals surface area contributed by atoms with Crippen molar-refractivity contribution in [3.63, 3.8) is 0 Å². The molecule has 90 valence electrons. The molecule has 0 spiro atoms. The van der Waals surface area contributed by atoms with E-state index in [9.17, 15) is 0 Å². The Labute approximate surface area is 113 Å². The third-order valence-electron chi connectivity index (χ3n) is 2.41. The van der Waals surface area contributed by atoms with Crippen molar-refractivity contribution in [2.75, 3.05) is 17.7 Å². The van der Waals surface area contributed by atoms with E-state index < -0.39 is 0 Å². The predicted molar refractivity (Wildman–Crippen MR) is 75.7 cm³/mol. The van der Waals surface area contributed by atoms with Gasteiger partial charge in [-0.25, -0.2) is 9.97 Å². The van der Waals surface area contributed by atoms with Crippen LogP contribution in [0.3, 0.4) is 0 Å². The molecule has 2 aromatic heterocycles. The number of thiophene rings is 1. The summed E-state index contributed by atoms with van der Waals surface area (Å²) in [4.78, 5) is 9.65. The van der Waals surface area contributed by atoms with Gasteiger partial charge in [0.25, 0.3) is 0 Å². The van der Waals surface area contributed by atoms with Gasteiger partial charge in [-0.05, 0) is 39.9 Å². The first kappa shape index (κ1) is 12.3. The first-order chi connectivity index (χ1) is 8.22. The van der Waals surface area contributed by atoms with Gasteiger partial charge in [0.05, 0.1) is 6.54 Å². The predicted octanol–water partition coefficient (Wildman–Crippen LogP) is 3.26. The molecule has 2 aromatic rings. The molecule has 0 aliphatic carbocycles. The number of hydrogen-bond donors (Lipinski definition) is 2. The topological polar surface area (TPSA) is 49.8 Å². The molecule has 4 nitrogen and oxygen atoms in total. The lowest BCUT2D eigenvalue weighted by molar-refractivity contribution is 1.08.